The largest absolute Gasteiger partial charge is 1.00 e. The molecule has 0 saturated heterocycles. The Morgan fingerprint density at radius 3 is 2.29 bits per heavy atom. The van der Waals surface area contributed by atoms with Crippen LogP contribution in [0.5, 0.6) is 0 Å². The van der Waals surface area contributed by atoms with Gasteiger partial charge in [0.25, 0.3) is 15.9 Å². The van der Waals surface area contributed by atoms with E-state index in [-0.39, 0.29) is 45.9 Å². The number of aliphatic hydroxyl groups is 1. The second-order valence-electron chi connectivity index (χ2n) is 6.79. The smallest absolute Gasteiger partial charge is 0.272 e. The second kappa shape index (κ2) is 9.93. The van der Waals surface area contributed by atoms with Crippen molar-refractivity contribution < 1.29 is 46.8 Å². The Bertz CT molecular complexity index is 827. The Morgan fingerprint density at radius 1 is 1.14 bits per heavy atom. The number of quaternary nitrogens is 1. The minimum atomic E-state index is -3.86. The molecule has 0 atom stereocenters. The molecule has 0 bridgehead atoms. The highest BCUT2D eigenvalue weighted by molar-refractivity contribution is 7.89. The van der Waals surface area contributed by atoms with Crippen molar-refractivity contribution >= 4 is 21.7 Å². The van der Waals surface area contributed by atoms with E-state index in [1.165, 1.54) is 19.2 Å². The molecule has 2 N–H and O–H groups in total. The van der Waals surface area contributed by atoms with Crippen LogP contribution < -0.4 is 29.3 Å². The van der Waals surface area contributed by atoms with Gasteiger partial charge in [-0.05, 0) is 32.9 Å². The quantitative estimate of drug-likeness (QED) is 0.258. The number of carbonyl (C=O) groups excluding carboxylic acids is 1. The average Bonchev–Trinajstić information content (AvgIpc) is 2.67. The molecule has 9 heteroatoms. The van der Waals surface area contributed by atoms with E-state index in [0.717, 1.165) is 41.4 Å². The number of halogens is 1. The molecular weight excluding hydrogens is 493 g/mol. The Labute approximate surface area is 185 Å². The van der Waals surface area contributed by atoms with Gasteiger partial charge in [-0.1, -0.05) is 12.1 Å². The van der Waals surface area contributed by atoms with Gasteiger partial charge in [0.2, 0.25) is 0 Å². The fourth-order valence-corrected chi connectivity index (χ4v) is 4.93. The van der Waals surface area contributed by atoms with Gasteiger partial charge in [-0.3, -0.25) is 9.10 Å². The molecule has 28 heavy (non-hydrogen) atoms. The third-order valence-corrected chi connectivity index (χ3v) is 7.46. The van der Waals surface area contributed by atoms with Crippen molar-refractivity contribution in [3.8, 4) is 0 Å². The number of sulfonamides is 1. The van der Waals surface area contributed by atoms with Crippen LogP contribution in [0, 0.1) is 0 Å². The molecule has 158 valence electrons. The van der Waals surface area contributed by atoms with Crippen LogP contribution in [0.25, 0.3) is 5.76 Å². The number of nitrogens with zero attached hydrogens (tertiary/aromatic N) is 2. The normalized spacial score (nSPS) is 15.6. The molecule has 1 aliphatic rings. The van der Waals surface area contributed by atoms with E-state index in [4.69, 9.17) is 0 Å². The van der Waals surface area contributed by atoms with E-state index in [1.807, 2.05) is 0 Å². The Balaban J connectivity index is 0.00000392. The summed E-state index contributed by atoms with van der Waals surface area (Å²) < 4.78 is 27.1. The Hall–Kier alpha value is -1.33. The summed E-state index contributed by atoms with van der Waals surface area (Å²) >= 11 is 0. The standard InChI is InChI=1S/C19H29N3O4S.HI/c1-5-22(6-2,7-3)14-10-13-20-19(24)17-18(23)15-11-8-9-12-16(15)27(25,26)21(17)4;/h8-9,11-12H,5-7,10,13-14H2,1-4H3,(H-,20,23,24);1H. The monoisotopic (exact) mass is 523 g/mol. The number of benzene rings is 1. The number of fused-ring (bicyclic) bond motifs is 1. The topological polar surface area (TPSA) is 86.7 Å². The van der Waals surface area contributed by atoms with Gasteiger partial charge >= 0.3 is 0 Å². The van der Waals surface area contributed by atoms with Crippen LogP contribution >= 0.6 is 0 Å². The maximum Gasteiger partial charge on any atom is 0.272 e. The molecule has 0 aromatic heterocycles. The van der Waals surface area contributed by atoms with Crippen LogP contribution in [-0.2, 0) is 14.8 Å². The molecule has 1 heterocycles. The summed E-state index contributed by atoms with van der Waals surface area (Å²) in [4.78, 5) is 12.6. The molecule has 1 amide bonds. The van der Waals surface area contributed by atoms with Crippen LogP contribution in [0.15, 0.2) is 34.9 Å². The highest BCUT2D eigenvalue weighted by Gasteiger charge is 2.37. The Morgan fingerprint density at radius 2 is 1.71 bits per heavy atom. The zero-order valence-corrected chi connectivity index (χ0v) is 19.9. The molecule has 0 aliphatic carbocycles. The maximum atomic E-state index is 12.6. The van der Waals surface area contributed by atoms with Gasteiger partial charge in [0.05, 0.1) is 31.1 Å². The molecule has 0 saturated carbocycles. The summed E-state index contributed by atoms with van der Waals surface area (Å²) in [6.07, 6.45) is 0.780. The summed E-state index contributed by atoms with van der Waals surface area (Å²) in [6.45, 7) is 10.9. The number of rotatable bonds is 8. The first-order valence-corrected chi connectivity index (χ1v) is 10.8. The van der Waals surface area contributed by atoms with Crippen molar-refractivity contribution in [1.82, 2.24) is 9.62 Å². The van der Waals surface area contributed by atoms with Gasteiger partial charge in [-0.2, -0.15) is 0 Å². The van der Waals surface area contributed by atoms with Gasteiger partial charge in [0.1, 0.15) is 0 Å². The molecule has 0 spiro atoms. The fourth-order valence-electron chi connectivity index (χ4n) is 3.53. The van der Waals surface area contributed by atoms with Crippen molar-refractivity contribution in [3.63, 3.8) is 0 Å². The van der Waals surface area contributed by atoms with E-state index in [0.29, 0.717) is 6.54 Å². The maximum absolute atomic E-state index is 12.6. The average molecular weight is 523 g/mol. The number of amides is 1. The molecule has 2 rings (SSSR count). The minimum absolute atomic E-state index is 0. The lowest BCUT2D eigenvalue weighted by molar-refractivity contribution is -0.923. The highest BCUT2D eigenvalue weighted by Crippen LogP contribution is 2.34. The van der Waals surface area contributed by atoms with Gasteiger partial charge in [0, 0.05) is 25.6 Å². The highest BCUT2D eigenvalue weighted by atomic mass is 127. The predicted octanol–water partition coefficient (Wildman–Crippen LogP) is -1.07. The van der Waals surface area contributed by atoms with Crippen LogP contribution in [0.1, 0.15) is 32.8 Å². The van der Waals surface area contributed by atoms with E-state index in [1.54, 1.807) is 12.1 Å². The lowest BCUT2D eigenvalue weighted by Crippen LogP contribution is -3.00. The van der Waals surface area contributed by atoms with E-state index in [9.17, 15) is 18.3 Å². The number of carbonyl (C=O) groups is 1. The van der Waals surface area contributed by atoms with Gasteiger partial charge in [0.15, 0.2) is 11.5 Å². The molecule has 1 aromatic carbocycles. The van der Waals surface area contributed by atoms with Gasteiger partial charge in [-0.15, -0.1) is 0 Å². The van der Waals surface area contributed by atoms with E-state index >= 15 is 0 Å². The lowest BCUT2D eigenvalue weighted by atomic mass is 10.1. The first-order valence-electron chi connectivity index (χ1n) is 9.39. The molecule has 0 unspecified atom stereocenters. The van der Waals surface area contributed by atoms with Crippen molar-refractivity contribution in [2.45, 2.75) is 32.1 Å². The molecule has 0 fully saturated rings. The summed E-state index contributed by atoms with van der Waals surface area (Å²) in [5, 5.41) is 13.3. The molecular formula is C19H30IN3O4S. The van der Waals surface area contributed by atoms with Crippen LogP contribution in [0.3, 0.4) is 0 Å². The fraction of sp³-hybridized carbons (Fsp3) is 0.526. The van der Waals surface area contributed by atoms with Crippen molar-refractivity contribution in [2.24, 2.45) is 0 Å². The number of hydrogen-bond donors (Lipinski definition) is 2. The third kappa shape index (κ3) is 4.62. The lowest BCUT2D eigenvalue weighted by Gasteiger charge is -2.36. The number of hydrogen-bond acceptors (Lipinski definition) is 4. The first kappa shape index (κ1) is 24.7. The summed E-state index contributed by atoms with van der Waals surface area (Å²) in [5.41, 5.74) is -0.0877. The molecule has 0 radical (unpaired) electrons. The number of nitrogens with one attached hydrogen (secondary N) is 1. The van der Waals surface area contributed by atoms with Gasteiger partial charge in [-0.25, -0.2) is 8.42 Å². The zero-order valence-electron chi connectivity index (χ0n) is 16.9. The van der Waals surface area contributed by atoms with Gasteiger partial charge < -0.3 is 38.9 Å². The SMILES string of the molecule is CC[N+](CC)(CC)CCCNC(=O)C1=C(O)c2ccccc2S(=O)(=O)N1C.[I-]. The zero-order chi connectivity index (χ0) is 20.2. The number of aliphatic hydroxyl groups excluding tert-OH is 1. The van der Waals surface area contributed by atoms with Crippen LogP contribution in [0.2, 0.25) is 0 Å². The summed E-state index contributed by atoms with van der Waals surface area (Å²) in [6, 6.07) is 6.13. The summed E-state index contributed by atoms with van der Waals surface area (Å²) in [7, 11) is -2.58. The third-order valence-electron chi connectivity index (χ3n) is 5.64. The first-order chi connectivity index (χ1) is 12.7. The molecule has 7 nitrogen and oxygen atoms in total. The Kier molecular flexibility index (Phi) is 8.76. The van der Waals surface area contributed by atoms with Crippen molar-refractivity contribution in [3.05, 3.63) is 35.5 Å². The number of likely N-dealkylation sites (N-methyl/N-ethyl adjacent to an activating group) is 1. The molecule has 1 aliphatic heterocycles. The minimum Gasteiger partial charge on any atom is -1.00 e. The van der Waals surface area contributed by atoms with E-state index < -0.39 is 15.9 Å². The predicted molar refractivity (Wildman–Crippen MR) is 105 cm³/mol. The molecule has 1 aromatic rings. The second-order valence-corrected chi connectivity index (χ2v) is 8.73. The van der Waals surface area contributed by atoms with Crippen molar-refractivity contribution in [1.29, 1.82) is 0 Å². The van der Waals surface area contributed by atoms with Crippen LogP contribution in [-0.4, -0.2) is 68.0 Å². The van der Waals surface area contributed by atoms with Crippen molar-refractivity contribution in [2.75, 3.05) is 39.8 Å². The van der Waals surface area contributed by atoms with Crippen LogP contribution in [0.4, 0.5) is 0 Å². The summed E-state index contributed by atoms with van der Waals surface area (Å²) in [5.74, 6) is -0.906. The van der Waals surface area contributed by atoms with E-state index in [2.05, 4.69) is 26.1 Å².